The van der Waals surface area contributed by atoms with Gasteiger partial charge >= 0.3 is 5.97 Å². The first kappa shape index (κ1) is 34.5. The third-order valence-corrected chi connectivity index (χ3v) is 8.86. The Morgan fingerprint density at radius 1 is 1.11 bits per heavy atom. The molecular formula is C29H33Cl3N6O6S. The zero-order valence-electron chi connectivity index (χ0n) is 24.3. The number of carbonyl (C=O) groups excluding carboxylic acids is 3. The van der Waals surface area contributed by atoms with E-state index >= 15 is 0 Å². The zero-order chi connectivity index (χ0) is 32.5. The van der Waals surface area contributed by atoms with E-state index in [9.17, 15) is 14.4 Å². The SMILES string of the molecule is CCCCCCOC(=O)C1=C(COc2cc(Cl)ccc2Oc2ccc(Cl)cc2Cl)CSC2[C@H](NC(=O)CN(N)/C=N\N)C(=O)N12. The van der Waals surface area contributed by atoms with Crippen molar-refractivity contribution >= 4 is 70.7 Å². The van der Waals surface area contributed by atoms with Crippen LogP contribution in [0.15, 0.2) is 52.8 Å². The molecule has 2 aromatic rings. The molecule has 0 bridgehead atoms. The Balaban J connectivity index is 1.54. The van der Waals surface area contributed by atoms with E-state index in [-0.39, 0.29) is 31.2 Å². The number of amides is 2. The normalized spacial score (nSPS) is 17.5. The second-order valence-electron chi connectivity index (χ2n) is 10.1. The number of esters is 1. The Labute approximate surface area is 279 Å². The van der Waals surface area contributed by atoms with Gasteiger partial charge in [-0.25, -0.2) is 10.6 Å². The van der Waals surface area contributed by atoms with Crippen molar-refractivity contribution in [3.8, 4) is 17.2 Å². The van der Waals surface area contributed by atoms with Gasteiger partial charge in [0.25, 0.3) is 5.91 Å². The van der Waals surface area contributed by atoms with Crippen LogP contribution in [0.2, 0.25) is 15.1 Å². The highest BCUT2D eigenvalue weighted by Crippen LogP contribution is 2.42. The van der Waals surface area contributed by atoms with Crippen LogP contribution in [0.3, 0.4) is 0 Å². The van der Waals surface area contributed by atoms with Crippen molar-refractivity contribution in [3.63, 3.8) is 0 Å². The number of fused-ring (bicyclic) bond motifs is 1. The fourth-order valence-electron chi connectivity index (χ4n) is 4.58. The van der Waals surface area contributed by atoms with Crippen molar-refractivity contribution in [1.82, 2.24) is 15.2 Å². The van der Waals surface area contributed by atoms with Gasteiger partial charge in [-0.3, -0.25) is 19.5 Å². The van der Waals surface area contributed by atoms with Crippen LogP contribution < -0.4 is 26.5 Å². The Bertz CT molecular complexity index is 1480. The van der Waals surface area contributed by atoms with Crippen molar-refractivity contribution < 1.29 is 28.6 Å². The van der Waals surface area contributed by atoms with Gasteiger partial charge in [-0.1, -0.05) is 61.0 Å². The van der Waals surface area contributed by atoms with Crippen molar-refractivity contribution in [3.05, 3.63) is 62.7 Å². The van der Waals surface area contributed by atoms with Crippen LogP contribution in [0.5, 0.6) is 17.2 Å². The highest BCUT2D eigenvalue weighted by molar-refractivity contribution is 8.00. The smallest absolute Gasteiger partial charge is 0.355 e. The molecule has 0 saturated carbocycles. The maximum Gasteiger partial charge on any atom is 0.355 e. The van der Waals surface area contributed by atoms with Gasteiger partial charge in [-0.05, 0) is 36.8 Å². The van der Waals surface area contributed by atoms with E-state index in [1.807, 2.05) is 0 Å². The lowest BCUT2D eigenvalue weighted by atomic mass is 10.0. The fraction of sp³-hybridized carbons (Fsp3) is 0.379. The minimum absolute atomic E-state index is 0.0770. The summed E-state index contributed by atoms with van der Waals surface area (Å²) in [5.74, 6) is 10.4. The quantitative estimate of drug-likeness (QED) is 0.0453. The summed E-state index contributed by atoms with van der Waals surface area (Å²) in [6.07, 6.45) is 4.74. The molecule has 45 heavy (non-hydrogen) atoms. The third-order valence-electron chi connectivity index (χ3n) is 6.75. The summed E-state index contributed by atoms with van der Waals surface area (Å²) in [6.45, 7) is 1.95. The second kappa shape index (κ2) is 16.3. The molecule has 0 aromatic heterocycles. The van der Waals surface area contributed by atoms with Crippen molar-refractivity contribution in [1.29, 1.82) is 0 Å². The summed E-state index contributed by atoms with van der Waals surface area (Å²) >= 11 is 19.9. The number of rotatable bonds is 15. The molecule has 1 fully saturated rings. The number of nitrogens with zero attached hydrogens (tertiary/aromatic N) is 3. The molecular weight excluding hydrogens is 667 g/mol. The van der Waals surface area contributed by atoms with E-state index in [2.05, 4.69) is 17.3 Å². The van der Waals surface area contributed by atoms with Gasteiger partial charge in [-0.15, -0.1) is 11.8 Å². The Kier molecular flexibility index (Phi) is 12.5. The molecule has 2 aliphatic rings. The molecule has 4 rings (SSSR count). The molecule has 0 radical (unpaired) electrons. The number of hydrogen-bond donors (Lipinski definition) is 3. The average molecular weight is 700 g/mol. The number of halogens is 3. The molecule has 5 N–H and O–H groups in total. The molecule has 2 atom stereocenters. The number of β-lactam (4-membered cyclic amide) rings is 1. The summed E-state index contributed by atoms with van der Waals surface area (Å²) in [4.78, 5) is 40.5. The number of thioether (sulfide) groups is 1. The van der Waals surface area contributed by atoms with Crippen LogP contribution in [0.1, 0.15) is 32.6 Å². The molecule has 12 nitrogen and oxygen atoms in total. The minimum atomic E-state index is -0.863. The van der Waals surface area contributed by atoms with Crippen LogP contribution in [-0.4, -0.2) is 71.0 Å². The van der Waals surface area contributed by atoms with Crippen molar-refractivity contribution in [2.24, 2.45) is 16.8 Å². The molecule has 2 heterocycles. The molecule has 0 spiro atoms. The minimum Gasteiger partial charge on any atom is -0.485 e. The third kappa shape index (κ3) is 8.88. The Hall–Kier alpha value is -3.36. The molecule has 0 aliphatic carbocycles. The molecule has 2 amide bonds. The van der Waals surface area contributed by atoms with E-state index < -0.39 is 29.2 Å². The van der Waals surface area contributed by atoms with E-state index in [1.165, 1.54) is 16.7 Å². The van der Waals surface area contributed by atoms with E-state index in [0.29, 0.717) is 44.3 Å². The van der Waals surface area contributed by atoms with Crippen molar-refractivity contribution in [2.45, 2.75) is 44.0 Å². The largest absolute Gasteiger partial charge is 0.485 e. The van der Waals surface area contributed by atoms with Gasteiger partial charge in [0.2, 0.25) is 5.91 Å². The average Bonchev–Trinajstić information content (AvgIpc) is 3.00. The van der Waals surface area contributed by atoms with Crippen LogP contribution in [0.4, 0.5) is 0 Å². The van der Waals surface area contributed by atoms with Gasteiger partial charge in [0.15, 0.2) is 11.5 Å². The molecule has 2 aromatic carbocycles. The number of benzene rings is 2. The number of unbranched alkanes of at least 4 members (excludes halogenated alkanes) is 3. The van der Waals surface area contributed by atoms with Gasteiger partial charge in [0.1, 0.15) is 42.4 Å². The summed E-state index contributed by atoms with van der Waals surface area (Å²) in [6, 6.07) is 8.78. The summed E-state index contributed by atoms with van der Waals surface area (Å²) < 4.78 is 17.7. The molecule has 1 unspecified atom stereocenters. The van der Waals surface area contributed by atoms with Gasteiger partial charge < -0.3 is 25.4 Å². The summed E-state index contributed by atoms with van der Waals surface area (Å²) in [7, 11) is 0. The van der Waals surface area contributed by atoms with Crippen LogP contribution in [0, 0.1) is 0 Å². The number of carbonyl (C=O) groups is 3. The monoisotopic (exact) mass is 698 g/mol. The number of hydrazone groups is 1. The maximum absolute atomic E-state index is 13.4. The summed E-state index contributed by atoms with van der Waals surface area (Å²) in [5, 5.41) is 7.53. The maximum atomic E-state index is 13.4. The second-order valence-corrected chi connectivity index (χ2v) is 12.5. The van der Waals surface area contributed by atoms with Gasteiger partial charge in [-0.2, -0.15) is 5.10 Å². The first-order valence-electron chi connectivity index (χ1n) is 14.1. The number of nitrogens with two attached hydrogens (primary N) is 2. The predicted octanol–water partition coefficient (Wildman–Crippen LogP) is 4.67. The van der Waals surface area contributed by atoms with E-state index in [0.717, 1.165) is 30.6 Å². The van der Waals surface area contributed by atoms with Gasteiger partial charge in [0.05, 0.1) is 11.6 Å². The zero-order valence-corrected chi connectivity index (χ0v) is 27.4. The lowest BCUT2D eigenvalue weighted by molar-refractivity contribution is -0.153. The Morgan fingerprint density at radius 2 is 1.84 bits per heavy atom. The number of nitrogens with one attached hydrogen (secondary N) is 1. The molecule has 16 heteroatoms. The van der Waals surface area contributed by atoms with Crippen molar-refractivity contribution in [2.75, 3.05) is 25.5 Å². The number of hydrazine groups is 1. The summed E-state index contributed by atoms with van der Waals surface area (Å²) in [5.41, 5.74) is 0.612. The lowest BCUT2D eigenvalue weighted by Crippen LogP contribution is -2.71. The number of hydrogen-bond acceptors (Lipinski definition) is 10. The standard InChI is InChI=1S/C29H33Cl3N6O6S/c1-2-3-4-5-10-42-29(41)26-17(15-45-28-25(27(40)38(26)28)36-24(39)13-37(34)16-35-33)14-43-23-12-19(31)7-9-22(23)44-21-8-6-18(30)11-20(21)32/h6-9,11-12,16,25,28H,2-5,10,13-15,33-34H2,1H3,(H,36,39)/b35-16-/t25-,28?/m1/s1. The molecule has 2 aliphatic heterocycles. The topological polar surface area (TPSA) is 162 Å². The predicted molar refractivity (Wildman–Crippen MR) is 174 cm³/mol. The first-order valence-corrected chi connectivity index (χ1v) is 16.2. The lowest BCUT2D eigenvalue weighted by Gasteiger charge is -2.49. The highest BCUT2D eigenvalue weighted by Gasteiger charge is 2.54. The van der Waals surface area contributed by atoms with Crippen LogP contribution in [0.25, 0.3) is 0 Å². The van der Waals surface area contributed by atoms with E-state index in [4.69, 9.17) is 60.7 Å². The fourth-order valence-corrected chi connectivity index (χ4v) is 6.51. The highest BCUT2D eigenvalue weighted by atomic mass is 35.5. The molecule has 1 saturated heterocycles. The Morgan fingerprint density at radius 3 is 2.56 bits per heavy atom. The van der Waals surface area contributed by atoms with Crippen LogP contribution in [-0.2, 0) is 19.1 Å². The van der Waals surface area contributed by atoms with Gasteiger partial charge in [0, 0.05) is 27.4 Å². The van der Waals surface area contributed by atoms with E-state index in [1.54, 1.807) is 36.4 Å². The van der Waals surface area contributed by atoms with Crippen LogP contribution >= 0.6 is 46.6 Å². The molecule has 242 valence electrons. The first-order chi connectivity index (χ1) is 21.6. The number of ether oxygens (including phenoxy) is 3.